The summed E-state index contributed by atoms with van der Waals surface area (Å²) in [6.07, 6.45) is 4.45. The molecule has 3 nitrogen and oxygen atoms in total. The van der Waals surface area contributed by atoms with Gasteiger partial charge in [0.1, 0.15) is 5.75 Å². The third-order valence-corrected chi connectivity index (χ3v) is 2.86. The quantitative estimate of drug-likeness (QED) is 0.837. The zero-order chi connectivity index (χ0) is 13.0. The molecule has 0 saturated heterocycles. The van der Waals surface area contributed by atoms with Gasteiger partial charge in [-0.15, -0.1) is 0 Å². The van der Waals surface area contributed by atoms with Gasteiger partial charge in [-0.25, -0.2) is 0 Å². The highest BCUT2D eigenvalue weighted by atomic mass is 16.3. The second-order valence-corrected chi connectivity index (χ2v) is 4.16. The van der Waals surface area contributed by atoms with E-state index in [0.717, 1.165) is 23.1 Å². The van der Waals surface area contributed by atoms with Crippen LogP contribution in [0.3, 0.4) is 0 Å². The van der Waals surface area contributed by atoms with E-state index >= 15 is 0 Å². The van der Waals surface area contributed by atoms with Crippen molar-refractivity contribution in [1.29, 1.82) is 0 Å². The van der Waals surface area contributed by atoms with Gasteiger partial charge >= 0.3 is 0 Å². The number of aromatic hydroxyl groups is 1. The van der Waals surface area contributed by atoms with Crippen LogP contribution in [0.25, 0.3) is 0 Å². The Morgan fingerprint density at radius 3 is 2.89 bits per heavy atom. The number of phenols is 1. The Balaban J connectivity index is 2.22. The fourth-order valence-corrected chi connectivity index (χ4v) is 1.93. The molecule has 3 heteroatoms. The number of hydrogen-bond acceptors (Lipinski definition) is 3. The molecule has 2 aromatic rings. The molecular weight excluding hydrogens is 226 g/mol. The lowest BCUT2D eigenvalue weighted by Gasteiger charge is -2.06. The lowest BCUT2D eigenvalue weighted by atomic mass is 9.99. The summed E-state index contributed by atoms with van der Waals surface area (Å²) in [7, 11) is 0. The highest BCUT2D eigenvalue weighted by Crippen LogP contribution is 2.15. The van der Waals surface area contributed by atoms with Crippen LogP contribution < -0.4 is 0 Å². The summed E-state index contributed by atoms with van der Waals surface area (Å²) >= 11 is 0. The first-order chi connectivity index (χ1) is 8.70. The smallest absolute Gasteiger partial charge is 0.167 e. The van der Waals surface area contributed by atoms with E-state index in [1.54, 1.807) is 36.7 Å². The molecular formula is C15H15NO2. The Labute approximate surface area is 106 Å². The van der Waals surface area contributed by atoms with Gasteiger partial charge in [0, 0.05) is 24.4 Å². The van der Waals surface area contributed by atoms with E-state index in [4.69, 9.17) is 0 Å². The lowest BCUT2D eigenvalue weighted by Crippen LogP contribution is -2.07. The molecule has 0 amide bonds. The number of pyridine rings is 1. The first-order valence-corrected chi connectivity index (χ1v) is 5.94. The molecule has 1 aromatic carbocycles. The number of nitrogens with zero attached hydrogens (tertiary/aromatic N) is 1. The van der Waals surface area contributed by atoms with Crippen LogP contribution in [-0.4, -0.2) is 15.9 Å². The Bertz CT molecular complexity index is 564. The minimum absolute atomic E-state index is 0.0554. The largest absolute Gasteiger partial charge is 0.508 e. The van der Waals surface area contributed by atoms with Crippen molar-refractivity contribution in [3.63, 3.8) is 0 Å². The van der Waals surface area contributed by atoms with Gasteiger partial charge in [0.05, 0.1) is 0 Å². The number of benzene rings is 1. The lowest BCUT2D eigenvalue weighted by molar-refractivity contribution is 0.0992. The van der Waals surface area contributed by atoms with Gasteiger partial charge in [-0.2, -0.15) is 0 Å². The molecule has 0 aliphatic heterocycles. The Hall–Kier alpha value is -2.16. The minimum atomic E-state index is 0.0554. The monoisotopic (exact) mass is 241 g/mol. The van der Waals surface area contributed by atoms with Gasteiger partial charge in [-0.1, -0.05) is 19.1 Å². The van der Waals surface area contributed by atoms with Crippen LogP contribution in [0.1, 0.15) is 28.4 Å². The number of phenolic OH excluding ortho intramolecular Hbond substituents is 1. The SMILES string of the molecule is CCc1cnccc1C(=O)Cc1cccc(O)c1. The van der Waals surface area contributed by atoms with Crippen molar-refractivity contribution in [3.05, 3.63) is 59.4 Å². The normalized spacial score (nSPS) is 10.3. The standard InChI is InChI=1S/C15H15NO2/c1-2-12-10-16-7-6-14(12)15(18)9-11-4-3-5-13(17)8-11/h3-8,10,17H,2,9H2,1H3. The summed E-state index contributed by atoms with van der Waals surface area (Å²) in [6.45, 7) is 2.00. The number of aryl methyl sites for hydroxylation is 1. The molecule has 0 bridgehead atoms. The van der Waals surface area contributed by atoms with Gasteiger partial charge in [-0.05, 0) is 35.7 Å². The Morgan fingerprint density at radius 1 is 1.33 bits per heavy atom. The van der Waals surface area contributed by atoms with Gasteiger partial charge in [0.15, 0.2) is 5.78 Å². The zero-order valence-electron chi connectivity index (χ0n) is 10.3. The molecule has 0 aliphatic carbocycles. The van der Waals surface area contributed by atoms with Crippen LogP contribution in [0.4, 0.5) is 0 Å². The van der Waals surface area contributed by atoms with Gasteiger partial charge in [0.2, 0.25) is 0 Å². The molecule has 0 spiro atoms. The third-order valence-electron chi connectivity index (χ3n) is 2.86. The number of carbonyl (C=O) groups is 1. The average Bonchev–Trinajstić information content (AvgIpc) is 2.38. The van der Waals surface area contributed by atoms with Crippen LogP contribution in [0, 0.1) is 0 Å². The summed E-state index contributed by atoms with van der Waals surface area (Å²) in [4.78, 5) is 16.2. The summed E-state index contributed by atoms with van der Waals surface area (Å²) in [5.41, 5.74) is 2.50. The molecule has 18 heavy (non-hydrogen) atoms. The zero-order valence-corrected chi connectivity index (χ0v) is 10.3. The van der Waals surface area contributed by atoms with Crippen molar-refractivity contribution < 1.29 is 9.90 Å². The van der Waals surface area contributed by atoms with Crippen LogP contribution in [-0.2, 0) is 12.8 Å². The van der Waals surface area contributed by atoms with Crippen LogP contribution in [0.15, 0.2) is 42.7 Å². The number of rotatable bonds is 4. The van der Waals surface area contributed by atoms with E-state index in [-0.39, 0.29) is 11.5 Å². The maximum atomic E-state index is 12.2. The van der Waals surface area contributed by atoms with Crippen molar-refractivity contribution in [3.8, 4) is 5.75 Å². The number of hydrogen-bond donors (Lipinski definition) is 1. The predicted octanol–water partition coefficient (Wildman–Crippen LogP) is 2.78. The number of carbonyl (C=O) groups excluding carboxylic acids is 1. The van der Waals surface area contributed by atoms with Gasteiger partial charge < -0.3 is 5.11 Å². The molecule has 2 rings (SSSR count). The molecule has 0 unspecified atom stereocenters. The Morgan fingerprint density at radius 2 is 2.17 bits per heavy atom. The van der Waals surface area contributed by atoms with Crippen molar-refractivity contribution >= 4 is 5.78 Å². The van der Waals surface area contributed by atoms with Crippen LogP contribution >= 0.6 is 0 Å². The minimum Gasteiger partial charge on any atom is -0.508 e. The molecule has 1 N–H and O–H groups in total. The van der Waals surface area contributed by atoms with Gasteiger partial charge in [-0.3, -0.25) is 9.78 Å². The van der Waals surface area contributed by atoms with E-state index in [9.17, 15) is 9.90 Å². The van der Waals surface area contributed by atoms with Crippen LogP contribution in [0.2, 0.25) is 0 Å². The van der Waals surface area contributed by atoms with Crippen LogP contribution in [0.5, 0.6) is 5.75 Å². The van der Waals surface area contributed by atoms with Crippen molar-refractivity contribution in [1.82, 2.24) is 4.98 Å². The van der Waals surface area contributed by atoms with Crippen molar-refractivity contribution in [2.75, 3.05) is 0 Å². The fraction of sp³-hybridized carbons (Fsp3) is 0.200. The molecule has 0 saturated carbocycles. The van der Waals surface area contributed by atoms with Crippen molar-refractivity contribution in [2.45, 2.75) is 19.8 Å². The molecule has 1 aromatic heterocycles. The van der Waals surface area contributed by atoms with E-state index in [2.05, 4.69) is 4.98 Å². The molecule has 0 atom stereocenters. The Kier molecular flexibility index (Phi) is 3.72. The number of Topliss-reactive ketones (excluding diaryl/α,β-unsaturated/α-hetero) is 1. The molecule has 92 valence electrons. The second-order valence-electron chi connectivity index (χ2n) is 4.16. The summed E-state index contributed by atoms with van der Waals surface area (Å²) in [5.74, 6) is 0.241. The summed E-state index contributed by atoms with van der Waals surface area (Å²) in [5, 5.41) is 9.38. The first-order valence-electron chi connectivity index (χ1n) is 5.94. The first kappa shape index (κ1) is 12.3. The van der Waals surface area contributed by atoms with E-state index in [1.165, 1.54) is 0 Å². The highest BCUT2D eigenvalue weighted by Gasteiger charge is 2.11. The second kappa shape index (κ2) is 5.45. The average molecular weight is 241 g/mol. The number of ketones is 1. The van der Waals surface area contributed by atoms with E-state index in [0.29, 0.717) is 6.42 Å². The number of aromatic nitrogens is 1. The maximum Gasteiger partial charge on any atom is 0.167 e. The van der Waals surface area contributed by atoms with E-state index in [1.807, 2.05) is 13.0 Å². The topological polar surface area (TPSA) is 50.2 Å². The van der Waals surface area contributed by atoms with Gasteiger partial charge in [0.25, 0.3) is 0 Å². The molecule has 0 fully saturated rings. The molecule has 1 heterocycles. The summed E-state index contributed by atoms with van der Waals surface area (Å²) in [6, 6.07) is 8.54. The maximum absolute atomic E-state index is 12.2. The molecule has 0 radical (unpaired) electrons. The summed E-state index contributed by atoms with van der Waals surface area (Å²) < 4.78 is 0. The van der Waals surface area contributed by atoms with E-state index < -0.39 is 0 Å². The van der Waals surface area contributed by atoms with Crippen molar-refractivity contribution in [2.24, 2.45) is 0 Å². The third kappa shape index (κ3) is 2.74. The molecule has 0 aliphatic rings. The predicted molar refractivity (Wildman–Crippen MR) is 69.8 cm³/mol. The fourth-order valence-electron chi connectivity index (χ4n) is 1.93. The highest BCUT2D eigenvalue weighted by molar-refractivity contribution is 5.98.